The van der Waals surface area contributed by atoms with Gasteiger partial charge in [0.1, 0.15) is 0 Å². The summed E-state index contributed by atoms with van der Waals surface area (Å²) in [6.07, 6.45) is 14.5. The number of hydrogen-bond acceptors (Lipinski definition) is 0. The summed E-state index contributed by atoms with van der Waals surface area (Å²) in [5.74, 6) is 2.98. The molecule has 0 bridgehead atoms. The second kappa shape index (κ2) is 13.4. The van der Waals surface area contributed by atoms with Crippen LogP contribution in [-0.4, -0.2) is 0 Å². The van der Waals surface area contributed by atoms with Crippen molar-refractivity contribution in [1.82, 2.24) is 0 Å². The Morgan fingerprint density at radius 3 is 2.00 bits per heavy atom. The van der Waals surface area contributed by atoms with E-state index in [1.807, 2.05) is 0 Å². The van der Waals surface area contributed by atoms with Crippen molar-refractivity contribution in [2.75, 3.05) is 0 Å². The van der Waals surface area contributed by atoms with Crippen molar-refractivity contribution in [1.29, 1.82) is 0 Å². The van der Waals surface area contributed by atoms with E-state index in [-0.39, 0.29) is 0 Å². The Bertz CT molecular complexity index is 451. The van der Waals surface area contributed by atoms with Crippen LogP contribution in [0.25, 0.3) is 0 Å². The third kappa shape index (κ3) is 11.6. The fourth-order valence-electron chi connectivity index (χ4n) is 4.29. The molecule has 0 amide bonds. The van der Waals surface area contributed by atoms with Crippen LogP contribution in [0.4, 0.5) is 0 Å². The molecular formula is C27H50. The molecular weight excluding hydrogens is 324 g/mol. The summed E-state index contributed by atoms with van der Waals surface area (Å²) in [5, 5.41) is 0. The van der Waals surface area contributed by atoms with Crippen molar-refractivity contribution in [3.8, 4) is 0 Å². The summed E-state index contributed by atoms with van der Waals surface area (Å²) in [4.78, 5) is 0. The standard InChI is InChI=1S/C27H50/c1-11-12-25(9)19-26(10)20-27(23(6)7,17-15-22(4)5)18-16-24(8)14-13-21(2)3/h11,14,21-22,25-26H,1,6,12-13,15-20H2,2-5,7-10H3. The van der Waals surface area contributed by atoms with Gasteiger partial charge < -0.3 is 0 Å². The van der Waals surface area contributed by atoms with Gasteiger partial charge in [0.15, 0.2) is 0 Å². The highest BCUT2D eigenvalue weighted by Crippen LogP contribution is 2.45. The van der Waals surface area contributed by atoms with Crippen LogP contribution in [0.1, 0.15) is 107 Å². The molecule has 0 heterocycles. The highest BCUT2D eigenvalue weighted by molar-refractivity contribution is 5.11. The van der Waals surface area contributed by atoms with Gasteiger partial charge in [0.05, 0.1) is 0 Å². The van der Waals surface area contributed by atoms with Crippen LogP contribution >= 0.6 is 0 Å². The zero-order valence-corrected chi connectivity index (χ0v) is 20.0. The van der Waals surface area contributed by atoms with Gasteiger partial charge in [-0.1, -0.05) is 77.8 Å². The van der Waals surface area contributed by atoms with Crippen LogP contribution in [0.15, 0.2) is 36.5 Å². The van der Waals surface area contributed by atoms with Gasteiger partial charge in [-0.15, -0.1) is 6.58 Å². The van der Waals surface area contributed by atoms with Gasteiger partial charge in [-0.05, 0) is 87.9 Å². The van der Waals surface area contributed by atoms with E-state index in [9.17, 15) is 0 Å². The molecule has 0 spiro atoms. The quantitative estimate of drug-likeness (QED) is 0.250. The summed E-state index contributed by atoms with van der Waals surface area (Å²) in [7, 11) is 0. The number of allylic oxidation sites excluding steroid dienone is 4. The molecule has 0 aromatic rings. The highest BCUT2D eigenvalue weighted by Gasteiger charge is 2.32. The van der Waals surface area contributed by atoms with Crippen LogP contribution in [0, 0.1) is 29.1 Å². The maximum absolute atomic E-state index is 4.49. The molecule has 158 valence electrons. The Kier molecular flexibility index (Phi) is 13.0. The summed E-state index contributed by atoms with van der Waals surface area (Å²) in [5.41, 5.74) is 3.26. The van der Waals surface area contributed by atoms with E-state index in [2.05, 4.69) is 80.7 Å². The Morgan fingerprint density at radius 2 is 1.52 bits per heavy atom. The zero-order valence-electron chi connectivity index (χ0n) is 20.0. The molecule has 0 aliphatic heterocycles. The Balaban J connectivity index is 5.23. The average molecular weight is 375 g/mol. The largest absolute Gasteiger partial charge is 0.103 e. The lowest BCUT2D eigenvalue weighted by molar-refractivity contribution is 0.203. The minimum absolute atomic E-state index is 0.296. The fraction of sp³-hybridized carbons (Fsp3) is 0.778. The first-order chi connectivity index (χ1) is 12.5. The first-order valence-corrected chi connectivity index (χ1v) is 11.4. The highest BCUT2D eigenvalue weighted by atomic mass is 14.4. The molecule has 0 fully saturated rings. The molecule has 0 nitrogen and oxygen atoms in total. The van der Waals surface area contributed by atoms with Crippen molar-refractivity contribution in [3.05, 3.63) is 36.5 Å². The first kappa shape index (κ1) is 26.2. The summed E-state index contributed by atoms with van der Waals surface area (Å²) in [6.45, 7) is 27.1. The molecule has 0 aliphatic rings. The zero-order chi connectivity index (χ0) is 21.0. The molecule has 0 saturated carbocycles. The van der Waals surface area contributed by atoms with Gasteiger partial charge in [-0.2, -0.15) is 0 Å². The van der Waals surface area contributed by atoms with E-state index >= 15 is 0 Å². The second-order valence-corrected chi connectivity index (χ2v) is 10.3. The molecule has 0 rings (SSSR count). The molecule has 27 heavy (non-hydrogen) atoms. The fourth-order valence-corrected chi connectivity index (χ4v) is 4.29. The van der Waals surface area contributed by atoms with Crippen LogP contribution in [0.2, 0.25) is 0 Å². The lowest BCUT2D eigenvalue weighted by Crippen LogP contribution is -2.26. The van der Waals surface area contributed by atoms with E-state index in [1.165, 1.54) is 50.5 Å². The van der Waals surface area contributed by atoms with Gasteiger partial charge in [-0.3, -0.25) is 0 Å². The third-order valence-corrected chi connectivity index (χ3v) is 6.15. The molecule has 0 N–H and O–H groups in total. The molecule has 0 heteroatoms. The molecule has 0 aromatic heterocycles. The Labute approximate surface area is 172 Å². The van der Waals surface area contributed by atoms with Crippen molar-refractivity contribution >= 4 is 0 Å². The van der Waals surface area contributed by atoms with Gasteiger partial charge in [0.2, 0.25) is 0 Å². The molecule has 0 radical (unpaired) electrons. The van der Waals surface area contributed by atoms with Crippen molar-refractivity contribution in [2.45, 2.75) is 107 Å². The SMILES string of the molecule is C=CCC(C)CC(C)CC(CCC(C)=CCC(C)C)(CCC(C)C)C(=C)C. The summed E-state index contributed by atoms with van der Waals surface area (Å²) < 4.78 is 0. The van der Waals surface area contributed by atoms with Crippen LogP contribution in [0.5, 0.6) is 0 Å². The van der Waals surface area contributed by atoms with Crippen LogP contribution in [0.3, 0.4) is 0 Å². The molecule has 0 saturated heterocycles. The predicted molar refractivity (Wildman–Crippen MR) is 126 cm³/mol. The van der Waals surface area contributed by atoms with Gasteiger partial charge in [0, 0.05) is 0 Å². The normalized spacial score (nSPS) is 17.0. The van der Waals surface area contributed by atoms with Gasteiger partial charge in [-0.25, -0.2) is 0 Å². The van der Waals surface area contributed by atoms with Crippen molar-refractivity contribution in [3.63, 3.8) is 0 Å². The second-order valence-electron chi connectivity index (χ2n) is 10.3. The van der Waals surface area contributed by atoms with Crippen molar-refractivity contribution in [2.24, 2.45) is 29.1 Å². The lowest BCUT2D eigenvalue weighted by Gasteiger charge is -2.38. The molecule has 3 atom stereocenters. The van der Waals surface area contributed by atoms with Gasteiger partial charge >= 0.3 is 0 Å². The maximum atomic E-state index is 4.49. The van der Waals surface area contributed by atoms with Gasteiger partial charge in [0.25, 0.3) is 0 Å². The van der Waals surface area contributed by atoms with E-state index in [0.29, 0.717) is 5.41 Å². The Morgan fingerprint density at radius 1 is 0.889 bits per heavy atom. The Hall–Kier alpha value is -0.780. The van der Waals surface area contributed by atoms with Crippen molar-refractivity contribution < 1.29 is 0 Å². The van der Waals surface area contributed by atoms with E-state index < -0.39 is 0 Å². The van der Waals surface area contributed by atoms with E-state index in [4.69, 9.17) is 0 Å². The van der Waals surface area contributed by atoms with E-state index in [0.717, 1.165) is 30.1 Å². The minimum Gasteiger partial charge on any atom is -0.103 e. The van der Waals surface area contributed by atoms with Crippen LogP contribution in [-0.2, 0) is 0 Å². The summed E-state index contributed by atoms with van der Waals surface area (Å²) >= 11 is 0. The van der Waals surface area contributed by atoms with Crippen LogP contribution < -0.4 is 0 Å². The maximum Gasteiger partial charge on any atom is -0.00879 e. The monoisotopic (exact) mass is 374 g/mol. The summed E-state index contributed by atoms with van der Waals surface area (Å²) in [6, 6.07) is 0. The number of hydrogen-bond donors (Lipinski definition) is 0. The lowest BCUT2D eigenvalue weighted by atomic mass is 9.66. The average Bonchev–Trinajstić information content (AvgIpc) is 2.55. The topological polar surface area (TPSA) is 0 Å². The molecule has 0 aromatic carbocycles. The third-order valence-electron chi connectivity index (χ3n) is 6.15. The molecule has 3 unspecified atom stereocenters. The first-order valence-electron chi connectivity index (χ1n) is 11.4. The molecule has 0 aliphatic carbocycles. The minimum atomic E-state index is 0.296. The smallest absolute Gasteiger partial charge is 0.00879 e. The predicted octanol–water partition coefficient (Wildman–Crippen LogP) is 9.39. The van der Waals surface area contributed by atoms with E-state index in [1.54, 1.807) is 5.57 Å². The number of rotatable bonds is 15.